The molecule has 2 heteroatoms. The molecule has 2 aromatic rings. The molecule has 0 amide bonds. The average molecular weight is 211 g/mol. The van der Waals surface area contributed by atoms with Gasteiger partial charge in [-0.05, 0) is 17.7 Å². The van der Waals surface area contributed by atoms with Crippen LogP contribution in [0.2, 0.25) is 0 Å². The van der Waals surface area contributed by atoms with E-state index in [1.807, 2.05) is 36.4 Å². The molecule has 0 fully saturated rings. The van der Waals surface area contributed by atoms with E-state index in [1.165, 1.54) is 0 Å². The number of aldehydes is 1. The fraction of sp³-hybridized carbons (Fsp3) is 0. The van der Waals surface area contributed by atoms with Gasteiger partial charge >= 0.3 is 0 Å². The molecule has 0 bridgehead atoms. The van der Waals surface area contributed by atoms with Crippen molar-refractivity contribution in [2.24, 2.45) is 0 Å². The van der Waals surface area contributed by atoms with Gasteiger partial charge in [-0.2, -0.15) is 0 Å². The predicted molar refractivity (Wildman–Crippen MR) is 66.2 cm³/mol. The molecule has 1 aromatic carbocycles. The highest BCUT2D eigenvalue weighted by Gasteiger charge is 1.92. The number of carbonyl (C=O) groups is 1. The highest BCUT2D eigenvalue weighted by molar-refractivity contribution is 5.81. The Morgan fingerprint density at radius 2 is 1.56 bits per heavy atom. The molecule has 0 radical (unpaired) electrons. The van der Waals surface area contributed by atoms with Crippen LogP contribution in [-0.4, -0.2) is 11.3 Å². The Bertz CT molecular complexity index is 384. The first-order valence-electron chi connectivity index (χ1n) is 4.90. The zero-order valence-corrected chi connectivity index (χ0v) is 8.91. The summed E-state index contributed by atoms with van der Waals surface area (Å²) in [6, 6.07) is 13.1. The Balaban J connectivity index is 0.000000181. The summed E-state index contributed by atoms with van der Waals surface area (Å²) >= 11 is 0. The van der Waals surface area contributed by atoms with E-state index in [1.54, 1.807) is 24.5 Å². The Hall–Kier alpha value is -2.22. The molecule has 2 rings (SSSR count). The maximum Gasteiger partial charge on any atom is 0.150 e. The van der Waals surface area contributed by atoms with Gasteiger partial charge in [0.2, 0.25) is 0 Å². The summed E-state index contributed by atoms with van der Waals surface area (Å²) in [5.41, 5.74) is 1.58. The van der Waals surface area contributed by atoms with Crippen molar-refractivity contribution in [3.8, 4) is 0 Å². The molecule has 0 saturated heterocycles. The summed E-state index contributed by atoms with van der Waals surface area (Å²) in [7, 11) is 0. The van der Waals surface area contributed by atoms with E-state index in [4.69, 9.17) is 0 Å². The number of rotatable bonds is 2. The molecular formula is C14H13NO. The third kappa shape index (κ3) is 3.88. The average Bonchev–Trinajstić information content (AvgIpc) is 2.41. The van der Waals surface area contributed by atoms with Gasteiger partial charge in [0.05, 0.1) is 0 Å². The second-order valence-electron chi connectivity index (χ2n) is 2.98. The molecule has 0 aliphatic rings. The first-order chi connectivity index (χ1) is 7.88. The molecule has 0 spiro atoms. The van der Waals surface area contributed by atoms with Crippen LogP contribution in [0.25, 0.3) is 6.08 Å². The Labute approximate surface area is 95.3 Å². The number of hydrogen-bond acceptors (Lipinski definition) is 2. The number of benzene rings is 1. The smallest absolute Gasteiger partial charge is 0.150 e. The van der Waals surface area contributed by atoms with Crippen LogP contribution in [0.15, 0.2) is 61.4 Å². The van der Waals surface area contributed by atoms with Gasteiger partial charge in [-0.1, -0.05) is 43.0 Å². The van der Waals surface area contributed by atoms with Crippen molar-refractivity contribution in [1.82, 2.24) is 4.98 Å². The van der Waals surface area contributed by atoms with Crippen molar-refractivity contribution in [2.75, 3.05) is 0 Å². The lowest BCUT2D eigenvalue weighted by molar-refractivity contribution is 0.112. The van der Waals surface area contributed by atoms with Crippen LogP contribution in [0.3, 0.4) is 0 Å². The number of pyridine rings is 1. The lowest BCUT2D eigenvalue weighted by Gasteiger charge is -1.94. The fourth-order valence-electron chi connectivity index (χ4n) is 1.12. The number of carbonyl (C=O) groups excluding carboxylic acids is 1. The van der Waals surface area contributed by atoms with E-state index in [-0.39, 0.29) is 0 Å². The fourth-order valence-corrected chi connectivity index (χ4v) is 1.12. The van der Waals surface area contributed by atoms with E-state index < -0.39 is 0 Å². The van der Waals surface area contributed by atoms with Gasteiger partial charge in [-0.15, -0.1) is 0 Å². The maximum absolute atomic E-state index is 10.3. The van der Waals surface area contributed by atoms with Crippen LogP contribution in [0, 0.1) is 0 Å². The second-order valence-corrected chi connectivity index (χ2v) is 2.98. The van der Waals surface area contributed by atoms with Crippen molar-refractivity contribution in [2.45, 2.75) is 0 Å². The van der Waals surface area contributed by atoms with Crippen molar-refractivity contribution in [1.29, 1.82) is 0 Å². The van der Waals surface area contributed by atoms with Gasteiger partial charge in [0, 0.05) is 18.0 Å². The van der Waals surface area contributed by atoms with Crippen molar-refractivity contribution < 1.29 is 4.79 Å². The molecule has 0 aliphatic heterocycles. The van der Waals surface area contributed by atoms with Crippen LogP contribution in [0.4, 0.5) is 0 Å². The summed E-state index contributed by atoms with van der Waals surface area (Å²) < 4.78 is 0. The normalized spacial score (nSPS) is 8.50. The number of hydrogen-bond donors (Lipinski definition) is 0. The molecule has 0 saturated carbocycles. The molecule has 0 aliphatic carbocycles. The van der Waals surface area contributed by atoms with Gasteiger partial charge in [0.15, 0.2) is 6.29 Å². The van der Waals surface area contributed by atoms with E-state index in [0.717, 1.165) is 11.8 Å². The standard InChI is InChI=1S/C9H8O.C5H5N/c1-2-8-5-3-4-6-9(8)7-10;1-2-4-6-5-3-1/h2-7H,1H2;1-5H. The highest BCUT2D eigenvalue weighted by atomic mass is 16.1. The lowest BCUT2D eigenvalue weighted by atomic mass is 10.1. The molecule has 16 heavy (non-hydrogen) atoms. The largest absolute Gasteiger partial charge is 0.298 e. The van der Waals surface area contributed by atoms with Crippen LogP contribution in [-0.2, 0) is 0 Å². The lowest BCUT2D eigenvalue weighted by Crippen LogP contribution is -1.82. The van der Waals surface area contributed by atoms with Gasteiger partial charge in [0.25, 0.3) is 0 Å². The number of nitrogens with zero attached hydrogens (tertiary/aromatic N) is 1. The minimum Gasteiger partial charge on any atom is -0.298 e. The molecule has 0 N–H and O–H groups in total. The van der Waals surface area contributed by atoms with Gasteiger partial charge in [-0.25, -0.2) is 0 Å². The Morgan fingerprint density at radius 3 is 1.88 bits per heavy atom. The zero-order chi connectivity index (χ0) is 11.6. The van der Waals surface area contributed by atoms with Crippen LogP contribution in [0.1, 0.15) is 15.9 Å². The monoisotopic (exact) mass is 211 g/mol. The van der Waals surface area contributed by atoms with Crippen molar-refractivity contribution >= 4 is 12.4 Å². The Kier molecular flexibility index (Phi) is 5.28. The molecule has 1 heterocycles. The third-order valence-corrected chi connectivity index (χ3v) is 1.91. The van der Waals surface area contributed by atoms with Gasteiger partial charge < -0.3 is 0 Å². The van der Waals surface area contributed by atoms with Crippen LogP contribution in [0.5, 0.6) is 0 Å². The van der Waals surface area contributed by atoms with Gasteiger partial charge in [-0.3, -0.25) is 9.78 Å². The van der Waals surface area contributed by atoms with E-state index >= 15 is 0 Å². The number of aromatic nitrogens is 1. The van der Waals surface area contributed by atoms with Crippen molar-refractivity contribution in [3.05, 3.63) is 72.6 Å². The quantitative estimate of drug-likeness (QED) is 0.714. The second kappa shape index (κ2) is 7.12. The highest BCUT2D eigenvalue weighted by Crippen LogP contribution is 2.06. The Morgan fingerprint density at radius 1 is 0.938 bits per heavy atom. The predicted octanol–water partition coefficient (Wildman–Crippen LogP) is 3.22. The van der Waals surface area contributed by atoms with E-state index in [2.05, 4.69) is 11.6 Å². The topological polar surface area (TPSA) is 30.0 Å². The summed E-state index contributed by atoms with van der Waals surface area (Å²) in [5.74, 6) is 0. The maximum atomic E-state index is 10.3. The SMILES string of the molecule is C=Cc1ccccc1C=O.c1ccncc1. The summed E-state index contributed by atoms with van der Waals surface area (Å²) in [4.78, 5) is 14.1. The molecule has 1 aromatic heterocycles. The van der Waals surface area contributed by atoms with E-state index in [0.29, 0.717) is 5.56 Å². The zero-order valence-electron chi connectivity index (χ0n) is 8.91. The first-order valence-corrected chi connectivity index (χ1v) is 4.90. The van der Waals surface area contributed by atoms with Crippen LogP contribution < -0.4 is 0 Å². The summed E-state index contributed by atoms with van der Waals surface area (Å²) in [6.07, 6.45) is 6.00. The molecule has 2 nitrogen and oxygen atoms in total. The van der Waals surface area contributed by atoms with Crippen LogP contribution >= 0.6 is 0 Å². The van der Waals surface area contributed by atoms with Crippen molar-refractivity contribution in [3.63, 3.8) is 0 Å². The first kappa shape index (κ1) is 11.9. The van der Waals surface area contributed by atoms with E-state index in [9.17, 15) is 4.79 Å². The summed E-state index contributed by atoms with van der Waals surface area (Å²) in [5, 5.41) is 0. The minimum absolute atomic E-state index is 0.692. The third-order valence-electron chi connectivity index (χ3n) is 1.91. The van der Waals surface area contributed by atoms with Gasteiger partial charge in [0.1, 0.15) is 0 Å². The summed E-state index contributed by atoms with van der Waals surface area (Å²) in [6.45, 7) is 3.58. The minimum atomic E-state index is 0.692. The molecule has 0 unspecified atom stereocenters. The molecular weight excluding hydrogens is 198 g/mol. The molecule has 0 atom stereocenters. The molecule has 80 valence electrons.